The van der Waals surface area contributed by atoms with Gasteiger partial charge in [0.1, 0.15) is 5.75 Å². The number of ether oxygens (including phenoxy) is 1. The number of nitrogens with one attached hydrogen (secondary N) is 1. The molecule has 3 saturated carbocycles. The van der Waals surface area contributed by atoms with Crippen LogP contribution in [0.25, 0.3) is 10.8 Å². The minimum atomic E-state index is 0.0828. The largest absolute Gasteiger partial charge is 0.475 e. The Morgan fingerprint density at radius 2 is 1.72 bits per heavy atom. The van der Waals surface area contributed by atoms with Crippen LogP contribution >= 0.6 is 0 Å². The Hall–Kier alpha value is -2.32. The van der Waals surface area contributed by atoms with E-state index in [2.05, 4.69) is 85.9 Å². The highest BCUT2D eigenvalue weighted by molar-refractivity contribution is 5.88. The molecule has 3 fully saturated rings. The Kier molecular flexibility index (Phi) is 3.83. The van der Waals surface area contributed by atoms with Gasteiger partial charge in [0.2, 0.25) is 0 Å². The van der Waals surface area contributed by atoms with E-state index in [9.17, 15) is 0 Å². The Morgan fingerprint density at radius 1 is 0.931 bits per heavy atom. The highest BCUT2D eigenvalue weighted by Gasteiger charge is 2.61. The number of hydrogen-bond donors (Lipinski definition) is 1. The molecule has 7 rings (SSSR count). The summed E-state index contributed by atoms with van der Waals surface area (Å²) in [6.07, 6.45) is 2.74. The standard InChI is InChI=1S/C27H29NO/c1-27(2)19-14-21-24-20-11-7-6-10-18(20)12-13-23(24)29-26(25(21)22(27)15-19)28-16-17-8-4-3-5-9-17/h3-13,19,21-22,25-26,28H,14-16H2,1-2H3/t19-,21+,22+,25+,26+/m1/s1. The zero-order chi connectivity index (χ0) is 19.6. The monoisotopic (exact) mass is 383 g/mol. The normalized spacial score (nSPS) is 31.3. The van der Waals surface area contributed by atoms with Gasteiger partial charge in [-0.05, 0) is 58.4 Å². The molecule has 29 heavy (non-hydrogen) atoms. The van der Waals surface area contributed by atoms with Crippen molar-refractivity contribution >= 4 is 10.8 Å². The molecule has 1 heterocycles. The topological polar surface area (TPSA) is 21.3 Å². The molecule has 2 heteroatoms. The second-order valence-electron chi connectivity index (χ2n) is 9.88. The zero-order valence-electron chi connectivity index (χ0n) is 17.3. The van der Waals surface area contributed by atoms with E-state index in [1.165, 1.54) is 34.7 Å². The Labute approximate surface area is 173 Å². The smallest absolute Gasteiger partial charge is 0.154 e. The Balaban J connectivity index is 1.41. The van der Waals surface area contributed by atoms with Crippen LogP contribution in [0.5, 0.6) is 5.75 Å². The van der Waals surface area contributed by atoms with E-state index in [1.807, 2.05) is 0 Å². The van der Waals surface area contributed by atoms with Crippen molar-refractivity contribution in [3.8, 4) is 5.75 Å². The van der Waals surface area contributed by atoms with Crippen molar-refractivity contribution in [3.63, 3.8) is 0 Å². The molecule has 3 aromatic carbocycles. The Bertz CT molecular complexity index is 1060. The lowest BCUT2D eigenvalue weighted by molar-refractivity contribution is -0.156. The summed E-state index contributed by atoms with van der Waals surface area (Å²) in [6.45, 7) is 5.82. The summed E-state index contributed by atoms with van der Waals surface area (Å²) in [6, 6.07) is 24.0. The summed E-state index contributed by atoms with van der Waals surface area (Å²) >= 11 is 0. The molecular formula is C27H29NO. The van der Waals surface area contributed by atoms with E-state index in [0.29, 0.717) is 17.3 Å². The van der Waals surface area contributed by atoms with E-state index in [0.717, 1.165) is 24.1 Å². The third kappa shape index (κ3) is 2.58. The molecule has 2 nitrogen and oxygen atoms in total. The van der Waals surface area contributed by atoms with Gasteiger partial charge >= 0.3 is 0 Å². The molecule has 2 bridgehead atoms. The van der Waals surface area contributed by atoms with Gasteiger partial charge in [-0.2, -0.15) is 0 Å². The molecule has 0 unspecified atom stereocenters. The fourth-order valence-electron chi connectivity index (χ4n) is 6.55. The fourth-order valence-corrected chi connectivity index (χ4v) is 6.55. The van der Waals surface area contributed by atoms with Crippen LogP contribution in [-0.2, 0) is 6.54 Å². The van der Waals surface area contributed by atoms with Gasteiger partial charge < -0.3 is 4.74 Å². The molecule has 148 valence electrons. The van der Waals surface area contributed by atoms with Gasteiger partial charge in [-0.1, -0.05) is 74.5 Å². The Morgan fingerprint density at radius 3 is 2.55 bits per heavy atom. The first-order valence-electron chi connectivity index (χ1n) is 11.1. The van der Waals surface area contributed by atoms with Crippen LogP contribution in [0, 0.1) is 23.2 Å². The first kappa shape index (κ1) is 17.5. The van der Waals surface area contributed by atoms with E-state index in [1.54, 1.807) is 0 Å². The predicted octanol–water partition coefficient (Wildman–Crippen LogP) is 6.11. The van der Waals surface area contributed by atoms with Gasteiger partial charge in [-0.25, -0.2) is 0 Å². The molecular weight excluding hydrogens is 354 g/mol. The van der Waals surface area contributed by atoms with Crippen LogP contribution in [0.1, 0.15) is 43.7 Å². The van der Waals surface area contributed by atoms with Crippen molar-refractivity contribution in [2.24, 2.45) is 23.2 Å². The van der Waals surface area contributed by atoms with E-state index in [4.69, 9.17) is 4.74 Å². The average molecular weight is 384 g/mol. The molecule has 1 N–H and O–H groups in total. The quantitative estimate of drug-likeness (QED) is 0.589. The van der Waals surface area contributed by atoms with Crippen LogP contribution in [-0.4, -0.2) is 6.23 Å². The summed E-state index contributed by atoms with van der Waals surface area (Å²) in [5.41, 5.74) is 3.22. The predicted molar refractivity (Wildman–Crippen MR) is 118 cm³/mol. The average Bonchev–Trinajstić information content (AvgIpc) is 2.77. The molecule has 0 radical (unpaired) electrons. The minimum absolute atomic E-state index is 0.0828. The van der Waals surface area contributed by atoms with Crippen LogP contribution in [0.3, 0.4) is 0 Å². The second kappa shape index (κ2) is 6.34. The lowest BCUT2D eigenvalue weighted by Gasteiger charge is -2.65. The molecule has 3 aromatic rings. The lowest BCUT2D eigenvalue weighted by atomic mass is 9.42. The summed E-state index contributed by atoms with van der Waals surface area (Å²) < 4.78 is 6.71. The number of benzene rings is 3. The molecule has 3 aliphatic carbocycles. The first-order chi connectivity index (χ1) is 14.1. The lowest BCUT2D eigenvalue weighted by Crippen LogP contribution is -2.62. The van der Waals surface area contributed by atoms with Crippen molar-refractivity contribution in [2.45, 2.75) is 45.4 Å². The number of hydrogen-bond acceptors (Lipinski definition) is 2. The van der Waals surface area contributed by atoms with E-state index in [-0.39, 0.29) is 6.23 Å². The number of fused-ring (bicyclic) bond motifs is 3. The molecule has 0 aromatic heterocycles. The summed E-state index contributed by atoms with van der Waals surface area (Å²) in [5.74, 6) is 3.79. The second-order valence-corrected chi connectivity index (χ2v) is 9.88. The van der Waals surface area contributed by atoms with Gasteiger partial charge in [0.25, 0.3) is 0 Å². The van der Waals surface area contributed by atoms with Crippen LogP contribution in [0.4, 0.5) is 0 Å². The maximum absolute atomic E-state index is 6.71. The number of rotatable bonds is 3. The summed E-state index contributed by atoms with van der Waals surface area (Å²) in [5, 5.41) is 6.52. The van der Waals surface area contributed by atoms with Crippen molar-refractivity contribution in [1.82, 2.24) is 5.32 Å². The van der Waals surface area contributed by atoms with E-state index >= 15 is 0 Å². The molecule has 0 saturated heterocycles. The van der Waals surface area contributed by atoms with Crippen molar-refractivity contribution < 1.29 is 4.74 Å². The fraction of sp³-hybridized carbons (Fsp3) is 0.407. The van der Waals surface area contributed by atoms with Gasteiger partial charge in [-0.15, -0.1) is 0 Å². The summed E-state index contributed by atoms with van der Waals surface area (Å²) in [7, 11) is 0. The maximum Gasteiger partial charge on any atom is 0.154 e. The minimum Gasteiger partial charge on any atom is -0.475 e. The van der Waals surface area contributed by atoms with E-state index < -0.39 is 0 Å². The molecule has 0 spiro atoms. The highest BCUT2D eigenvalue weighted by atomic mass is 16.5. The van der Waals surface area contributed by atoms with Crippen molar-refractivity contribution in [1.29, 1.82) is 0 Å². The van der Waals surface area contributed by atoms with Gasteiger partial charge in [0.15, 0.2) is 6.23 Å². The first-order valence-corrected chi connectivity index (χ1v) is 11.1. The molecule has 4 aliphatic rings. The maximum atomic E-state index is 6.71. The van der Waals surface area contributed by atoms with Gasteiger partial charge in [0, 0.05) is 18.0 Å². The van der Waals surface area contributed by atoms with Crippen LogP contribution in [0.15, 0.2) is 66.7 Å². The SMILES string of the molecule is CC1(C)[C@@H]2C[C@H]3c4c(ccc5ccccc45)O[C@H](NCc4ccccc4)[C@@H]3[C@@H]1C2. The van der Waals surface area contributed by atoms with Gasteiger partial charge in [0.05, 0.1) is 0 Å². The van der Waals surface area contributed by atoms with Gasteiger partial charge in [-0.3, -0.25) is 5.32 Å². The van der Waals surface area contributed by atoms with Crippen molar-refractivity contribution in [2.75, 3.05) is 0 Å². The van der Waals surface area contributed by atoms with Crippen LogP contribution < -0.4 is 10.1 Å². The van der Waals surface area contributed by atoms with Crippen LogP contribution in [0.2, 0.25) is 0 Å². The molecule has 5 atom stereocenters. The third-order valence-electron chi connectivity index (χ3n) is 8.27. The molecule has 0 amide bonds. The summed E-state index contributed by atoms with van der Waals surface area (Å²) in [4.78, 5) is 0. The zero-order valence-corrected chi connectivity index (χ0v) is 17.3. The highest BCUT2D eigenvalue weighted by Crippen LogP contribution is 2.68. The molecule has 1 aliphatic heterocycles. The third-order valence-corrected chi connectivity index (χ3v) is 8.27. The van der Waals surface area contributed by atoms with Crippen molar-refractivity contribution in [3.05, 3.63) is 77.9 Å².